The van der Waals surface area contributed by atoms with Gasteiger partial charge in [-0.3, -0.25) is 10.1 Å². The number of nitrogens with one attached hydrogen (secondary N) is 1. The normalized spacial score (nSPS) is 39.1. The monoisotopic (exact) mass is 232 g/mol. The van der Waals surface area contributed by atoms with E-state index in [9.17, 15) is 13.2 Å². The SMILES string of the molecule is CC1C(NC2CC2)(C(N)=O)CCS1(=O)=O. The summed E-state index contributed by atoms with van der Waals surface area (Å²) in [5.41, 5.74) is 4.33. The quantitative estimate of drug-likeness (QED) is 0.664. The molecule has 0 aromatic rings. The van der Waals surface area contributed by atoms with Gasteiger partial charge in [0.1, 0.15) is 5.54 Å². The third-order valence-corrected chi connectivity index (χ3v) is 5.75. The summed E-state index contributed by atoms with van der Waals surface area (Å²) >= 11 is 0. The van der Waals surface area contributed by atoms with Crippen molar-refractivity contribution in [3.8, 4) is 0 Å². The fraction of sp³-hybridized carbons (Fsp3) is 0.889. The van der Waals surface area contributed by atoms with Crippen molar-refractivity contribution in [3.05, 3.63) is 0 Å². The largest absolute Gasteiger partial charge is 0.368 e. The van der Waals surface area contributed by atoms with E-state index in [4.69, 9.17) is 5.73 Å². The minimum Gasteiger partial charge on any atom is -0.368 e. The van der Waals surface area contributed by atoms with Crippen molar-refractivity contribution in [1.29, 1.82) is 0 Å². The lowest BCUT2D eigenvalue weighted by atomic mass is 9.91. The topological polar surface area (TPSA) is 89.3 Å². The summed E-state index contributed by atoms with van der Waals surface area (Å²) in [6.07, 6.45) is 2.31. The van der Waals surface area contributed by atoms with Crippen LogP contribution in [0.3, 0.4) is 0 Å². The number of nitrogens with two attached hydrogens (primary N) is 1. The molecule has 0 aromatic heterocycles. The van der Waals surface area contributed by atoms with E-state index in [-0.39, 0.29) is 11.8 Å². The number of primary amides is 1. The second kappa shape index (κ2) is 3.18. The van der Waals surface area contributed by atoms with Crippen molar-refractivity contribution in [2.75, 3.05) is 5.75 Å². The Balaban J connectivity index is 2.30. The molecule has 15 heavy (non-hydrogen) atoms. The summed E-state index contributed by atoms with van der Waals surface area (Å²) in [6, 6.07) is 0.272. The lowest BCUT2D eigenvalue weighted by Gasteiger charge is -2.30. The summed E-state index contributed by atoms with van der Waals surface area (Å²) in [7, 11) is -3.16. The second-order valence-corrected chi connectivity index (χ2v) is 6.95. The standard InChI is InChI=1S/C9H16N2O3S/c1-6-9(8(10)12,11-7-2-3-7)4-5-15(6,13)14/h6-7,11H,2-5H2,1H3,(H2,10,12). The molecule has 0 spiro atoms. The highest BCUT2D eigenvalue weighted by molar-refractivity contribution is 7.92. The number of carbonyl (C=O) groups excluding carboxylic acids is 1. The molecular formula is C9H16N2O3S. The van der Waals surface area contributed by atoms with E-state index in [0.29, 0.717) is 6.42 Å². The molecule has 1 aliphatic carbocycles. The first-order valence-electron chi connectivity index (χ1n) is 5.18. The van der Waals surface area contributed by atoms with E-state index < -0.39 is 26.5 Å². The van der Waals surface area contributed by atoms with Gasteiger partial charge in [0.25, 0.3) is 0 Å². The molecule has 0 radical (unpaired) electrons. The van der Waals surface area contributed by atoms with Crippen molar-refractivity contribution in [2.24, 2.45) is 5.73 Å². The van der Waals surface area contributed by atoms with E-state index in [1.807, 2.05) is 0 Å². The van der Waals surface area contributed by atoms with Gasteiger partial charge in [-0.15, -0.1) is 0 Å². The zero-order chi connectivity index (χ0) is 11.3. The smallest absolute Gasteiger partial charge is 0.239 e. The van der Waals surface area contributed by atoms with Crippen molar-refractivity contribution >= 4 is 15.7 Å². The van der Waals surface area contributed by atoms with Crippen LogP contribution in [0, 0.1) is 0 Å². The molecule has 1 amide bonds. The average molecular weight is 232 g/mol. The molecule has 2 atom stereocenters. The van der Waals surface area contributed by atoms with Crippen molar-refractivity contribution < 1.29 is 13.2 Å². The fourth-order valence-corrected chi connectivity index (χ4v) is 4.04. The summed E-state index contributed by atoms with van der Waals surface area (Å²) in [4.78, 5) is 11.5. The highest BCUT2D eigenvalue weighted by Gasteiger charge is 2.55. The van der Waals surface area contributed by atoms with Gasteiger partial charge in [-0.25, -0.2) is 8.42 Å². The number of carbonyl (C=O) groups is 1. The van der Waals surface area contributed by atoms with E-state index >= 15 is 0 Å². The van der Waals surface area contributed by atoms with Gasteiger partial charge < -0.3 is 5.73 Å². The lowest BCUT2D eigenvalue weighted by molar-refractivity contribution is -0.124. The summed E-state index contributed by atoms with van der Waals surface area (Å²) < 4.78 is 23.3. The Morgan fingerprint density at radius 3 is 2.40 bits per heavy atom. The predicted molar refractivity (Wildman–Crippen MR) is 55.9 cm³/mol. The van der Waals surface area contributed by atoms with Crippen molar-refractivity contribution in [2.45, 2.75) is 43.0 Å². The van der Waals surface area contributed by atoms with Crippen LogP contribution in [0.5, 0.6) is 0 Å². The molecule has 1 saturated heterocycles. The maximum atomic E-state index is 11.6. The van der Waals surface area contributed by atoms with Gasteiger partial charge >= 0.3 is 0 Å². The summed E-state index contributed by atoms with van der Waals surface area (Å²) in [5.74, 6) is -0.487. The molecule has 1 aliphatic heterocycles. The molecule has 2 unspecified atom stereocenters. The van der Waals surface area contributed by atoms with Gasteiger partial charge in [0, 0.05) is 6.04 Å². The van der Waals surface area contributed by atoms with Crippen LogP contribution in [-0.4, -0.2) is 36.9 Å². The minimum atomic E-state index is -3.16. The molecule has 0 aromatic carbocycles. The third-order valence-electron chi connectivity index (χ3n) is 3.49. The number of hydrogen-bond acceptors (Lipinski definition) is 4. The highest BCUT2D eigenvalue weighted by Crippen LogP contribution is 2.34. The van der Waals surface area contributed by atoms with E-state index in [1.54, 1.807) is 6.92 Å². The molecule has 0 bridgehead atoms. The predicted octanol–water partition coefficient (Wildman–Crippen LogP) is -0.830. The van der Waals surface area contributed by atoms with Crippen LogP contribution in [-0.2, 0) is 14.6 Å². The van der Waals surface area contributed by atoms with Crippen LogP contribution >= 0.6 is 0 Å². The van der Waals surface area contributed by atoms with Crippen molar-refractivity contribution in [3.63, 3.8) is 0 Å². The number of rotatable bonds is 3. The first kappa shape index (κ1) is 10.9. The van der Waals surface area contributed by atoms with Gasteiger partial charge in [-0.1, -0.05) is 0 Å². The van der Waals surface area contributed by atoms with Gasteiger partial charge in [0.2, 0.25) is 5.91 Å². The zero-order valence-electron chi connectivity index (χ0n) is 8.69. The van der Waals surface area contributed by atoms with Gasteiger partial charge in [0.05, 0.1) is 11.0 Å². The van der Waals surface area contributed by atoms with Crippen LogP contribution in [0.2, 0.25) is 0 Å². The fourth-order valence-electron chi connectivity index (χ4n) is 2.17. The van der Waals surface area contributed by atoms with Gasteiger partial charge in [0.15, 0.2) is 9.84 Å². The molecule has 1 saturated carbocycles. The Bertz CT molecular complexity index is 388. The maximum absolute atomic E-state index is 11.6. The van der Waals surface area contributed by atoms with E-state index in [1.165, 1.54) is 0 Å². The highest BCUT2D eigenvalue weighted by atomic mass is 32.2. The minimum absolute atomic E-state index is 0.0524. The van der Waals surface area contributed by atoms with E-state index in [0.717, 1.165) is 12.8 Å². The van der Waals surface area contributed by atoms with Crippen LogP contribution in [0.4, 0.5) is 0 Å². The molecule has 1 heterocycles. The second-order valence-electron chi connectivity index (χ2n) is 4.51. The molecule has 2 rings (SSSR count). The Labute approximate surface area is 89.3 Å². The molecule has 86 valence electrons. The van der Waals surface area contributed by atoms with Gasteiger partial charge in [-0.2, -0.15) is 0 Å². The zero-order valence-corrected chi connectivity index (χ0v) is 9.51. The lowest BCUT2D eigenvalue weighted by Crippen LogP contribution is -2.61. The van der Waals surface area contributed by atoms with Crippen LogP contribution < -0.4 is 11.1 Å². The van der Waals surface area contributed by atoms with Crippen LogP contribution in [0.1, 0.15) is 26.2 Å². The third kappa shape index (κ3) is 1.65. The Kier molecular flexibility index (Phi) is 2.31. The maximum Gasteiger partial charge on any atom is 0.239 e. The number of sulfone groups is 1. The van der Waals surface area contributed by atoms with E-state index in [2.05, 4.69) is 5.32 Å². The molecule has 6 heteroatoms. The molecule has 3 N–H and O–H groups in total. The Hall–Kier alpha value is -0.620. The first-order chi connectivity index (χ1) is 6.88. The Morgan fingerprint density at radius 1 is 1.47 bits per heavy atom. The van der Waals surface area contributed by atoms with Crippen LogP contribution in [0.15, 0.2) is 0 Å². The molecule has 2 fully saturated rings. The average Bonchev–Trinajstić information content (AvgIpc) is 2.90. The summed E-state index contributed by atoms with van der Waals surface area (Å²) in [6.45, 7) is 1.57. The summed E-state index contributed by atoms with van der Waals surface area (Å²) in [5, 5.41) is 2.41. The number of amides is 1. The van der Waals surface area contributed by atoms with Crippen LogP contribution in [0.25, 0.3) is 0 Å². The van der Waals surface area contributed by atoms with Gasteiger partial charge in [-0.05, 0) is 26.2 Å². The molecule has 5 nitrogen and oxygen atoms in total. The first-order valence-corrected chi connectivity index (χ1v) is 6.89. The number of hydrogen-bond donors (Lipinski definition) is 2. The Morgan fingerprint density at radius 2 is 2.07 bits per heavy atom. The molecule has 2 aliphatic rings. The molecular weight excluding hydrogens is 216 g/mol. The van der Waals surface area contributed by atoms with Crippen molar-refractivity contribution in [1.82, 2.24) is 5.32 Å².